The van der Waals surface area contributed by atoms with E-state index in [4.69, 9.17) is 15.9 Å². The number of aliphatic hydroxyl groups excluding tert-OH is 2. The Morgan fingerprint density at radius 1 is 1.06 bits per heavy atom. The molecule has 0 spiro atoms. The van der Waals surface area contributed by atoms with Crippen LogP contribution < -0.4 is 10.6 Å². The number of ether oxygens (including phenoxy) is 2. The molecule has 2 aromatic rings. The number of fused-ring (bicyclic) bond motifs is 3. The van der Waals surface area contributed by atoms with Gasteiger partial charge in [-0.25, -0.2) is 0 Å². The van der Waals surface area contributed by atoms with Crippen molar-refractivity contribution in [3.05, 3.63) is 94.1 Å². The zero-order valence-corrected chi connectivity index (χ0v) is 32.1. The van der Waals surface area contributed by atoms with Gasteiger partial charge in [-0.1, -0.05) is 57.6 Å². The minimum Gasteiger partial charge on any atom is -0.390 e. The van der Waals surface area contributed by atoms with E-state index in [-0.39, 0.29) is 35.7 Å². The van der Waals surface area contributed by atoms with Crippen molar-refractivity contribution in [2.45, 2.75) is 110 Å². The molecule has 284 valence electrons. The van der Waals surface area contributed by atoms with Gasteiger partial charge < -0.3 is 35.1 Å². The number of aliphatic hydroxyl groups is 2. The molecule has 3 aliphatic carbocycles. The van der Waals surface area contributed by atoms with Gasteiger partial charge in [-0.15, -0.1) is 12.3 Å². The second-order valence-corrected chi connectivity index (χ2v) is 15.8. The minimum absolute atomic E-state index is 0.00542. The fourth-order valence-corrected chi connectivity index (χ4v) is 8.24. The van der Waals surface area contributed by atoms with Crippen LogP contribution in [0.1, 0.15) is 101 Å². The van der Waals surface area contributed by atoms with E-state index in [1.54, 1.807) is 5.57 Å². The van der Waals surface area contributed by atoms with Crippen molar-refractivity contribution in [1.29, 1.82) is 0 Å². The molecule has 4 N–H and O–H groups in total. The third-order valence-corrected chi connectivity index (χ3v) is 11.7. The van der Waals surface area contributed by atoms with Crippen molar-refractivity contribution in [3.8, 4) is 12.3 Å². The first-order valence-corrected chi connectivity index (χ1v) is 19.2. The average Bonchev–Trinajstić information content (AvgIpc) is 3.45. The Kier molecular flexibility index (Phi) is 13.6. The highest BCUT2D eigenvalue weighted by atomic mass is 16.7. The number of unbranched alkanes of at least 4 members (excludes halogenated alkanes) is 2. The summed E-state index contributed by atoms with van der Waals surface area (Å²) in [5.41, 5.74) is 8.85. The maximum atomic E-state index is 13.1. The smallest absolute Gasteiger partial charge is 0.193 e. The standard InChI is InChI=1S/C39H50N2O5.C6H8O/c1-24(2)30-15-16-38(3)17-18-39(4)31(36(30)38)14-9-25(19-34(39)46-35-21-32(42)33(43)23-45-35)22-41-28-12-10-26(11-13-28)37(44)27-7-6-8-29(20-27)40-5;1-2-3-4-5-6-7/h6-14,20,24,32-35,40-43H,15-19,21-23H2,1-5H3;1,6H,3-5H2/t32?,33-,34?,35?,38?,39-;/m1./s1. The largest absolute Gasteiger partial charge is 0.390 e. The molecule has 8 heteroatoms. The van der Waals surface area contributed by atoms with E-state index in [0.717, 1.165) is 56.2 Å². The summed E-state index contributed by atoms with van der Waals surface area (Å²) in [6.45, 7) is 10.1. The van der Waals surface area contributed by atoms with E-state index < -0.39 is 18.5 Å². The van der Waals surface area contributed by atoms with Gasteiger partial charge in [-0.05, 0) is 103 Å². The molecule has 6 atom stereocenters. The third kappa shape index (κ3) is 9.39. The van der Waals surface area contributed by atoms with Gasteiger partial charge in [0.05, 0.1) is 18.8 Å². The number of hydrogen-bond acceptors (Lipinski definition) is 8. The highest BCUT2D eigenvalue weighted by Crippen LogP contribution is 2.62. The first kappa shape index (κ1) is 40.2. The Hall–Kier alpha value is -4.00. The summed E-state index contributed by atoms with van der Waals surface area (Å²) >= 11 is 0. The van der Waals surface area contributed by atoms with Crippen LogP contribution in [0.5, 0.6) is 0 Å². The molecular formula is C45H58N2O6. The number of ketones is 1. The first-order valence-electron chi connectivity index (χ1n) is 19.2. The van der Waals surface area contributed by atoms with Crippen LogP contribution in [0.15, 0.2) is 83.0 Å². The molecule has 2 aromatic carbocycles. The number of nitrogens with one attached hydrogen (secondary N) is 2. The number of anilines is 2. The molecule has 2 fully saturated rings. The highest BCUT2D eigenvalue weighted by molar-refractivity contribution is 6.09. The molecule has 1 saturated carbocycles. The molecule has 4 aliphatic rings. The number of rotatable bonds is 12. The molecule has 1 saturated heterocycles. The zero-order valence-electron chi connectivity index (χ0n) is 32.1. The van der Waals surface area contributed by atoms with Crippen LogP contribution in [-0.2, 0) is 14.3 Å². The van der Waals surface area contributed by atoms with E-state index >= 15 is 0 Å². The van der Waals surface area contributed by atoms with Crippen molar-refractivity contribution >= 4 is 23.4 Å². The van der Waals surface area contributed by atoms with Gasteiger partial charge >= 0.3 is 0 Å². The maximum absolute atomic E-state index is 13.1. The van der Waals surface area contributed by atoms with Gasteiger partial charge in [-0.3, -0.25) is 4.79 Å². The quantitative estimate of drug-likeness (QED) is 0.0754. The summed E-state index contributed by atoms with van der Waals surface area (Å²) < 4.78 is 12.7. The Morgan fingerprint density at radius 2 is 1.83 bits per heavy atom. The fraction of sp³-hybridized carbons (Fsp3) is 0.511. The molecule has 8 nitrogen and oxygen atoms in total. The predicted molar refractivity (Wildman–Crippen MR) is 212 cm³/mol. The Morgan fingerprint density at radius 3 is 2.51 bits per heavy atom. The molecule has 0 amide bonds. The van der Waals surface area contributed by atoms with E-state index in [1.165, 1.54) is 23.1 Å². The first-order chi connectivity index (χ1) is 25.4. The lowest BCUT2D eigenvalue weighted by Crippen LogP contribution is -2.48. The number of carbonyl (C=O) groups excluding carboxylic acids is 2. The molecule has 0 radical (unpaired) electrons. The lowest BCUT2D eigenvalue weighted by molar-refractivity contribution is -0.245. The number of carbonyl (C=O) groups is 2. The second kappa shape index (κ2) is 17.9. The Balaban J connectivity index is 0.000000705. The molecule has 6 rings (SSSR count). The number of hydrogen-bond donors (Lipinski definition) is 4. The van der Waals surface area contributed by atoms with Gasteiger partial charge in [0.2, 0.25) is 0 Å². The highest BCUT2D eigenvalue weighted by Gasteiger charge is 2.53. The molecule has 53 heavy (non-hydrogen) atoms. The summed E-state index contributed by atoms with van der Waals surface area (Å²) in [6, 6.07) is 15.2. The Labute approximate surface area is 316 Å². The monoisotopic (exact) mass is 722 g/mol. The third-order valence-electron chi connectivity index (χ3n) is 11.7. The lowest BCUT2D eigenvalue weighted by Gasteiger charge is -2.50. The van der Waals surface area contributed by atoms with Crippen molar-refractivity contribution < 1.29 is 29.3 Å². The molecular weight excluding hydrogens is 665 g/mol. The van der Waals surface area contributed by atoms with Crippen molar-refractivity contribution in [3.63, 3.8) is 0 Å². The second-order valence-electron chi connectivity index (χ2n) is 15.8. The van der Waals surface area contributed by atoms with Gasteiger partial charge in [0, 0.05) is 60.8 Å². The minimum atomic E-state index is -0.882. The van der Waals surface area contributed by atoms with Crippen molar-refractivity contribution in [2.24, 2.45) is 16.7 Å². The Bertz CT molecular complexity index is 1740. The van der Waals surface area contributed by atoms with E-state index in [2.05, 4.69) is 56.4 Å². The summed E-state index contributed by atoms with van der Waals surface area (Å²) in [5.74, 6) is 2.93. The topological polar surface area (TPSA) is 117 Å². The fourth-order valence-electron chi connectivity index (χ4n) is 8.24. The number of allylic oxidation sites excluding steroid dienone is 4. The number of aldehydes is 1. The van der Waals surface area contributed by atoms with Crippen LogP contribution in [0.4, 0.5) is 11.4 Å². The van der Waals surface area contributed by atoms with Gasteiger partial charge in [0.25, 0.3) is 0 Å². The van der Waals surface area contributed by atoms with E-state index in [1.807, 2.05) is 55.6 Å². The van der Waals surface area contributed by atoms with Crippen LogP contribution >= 0.6 is 0 Å². The summed E-state index contributed by atoms with van der Waals surface area (Å²) in [4.78, 5) is 22.7. The molecule has 0 aromatic heterocycles. The maximum Gasteiger partial charge on any atom is 0.193 e. The van der Waals surface area contributed by atoms with Crippen molar-refractivity contribution in [2.75, 3.05) is 30.8 Å². The summed E-state index contributed by atoms with van der Waals surface area (Å²) in [6.07, 6.45) is 15.6. The average molecular weight is 723 g/mol. The van der Waals surface area contributed by atoms with Gasteiger partial charge in [0.15, 0.2) is 12.1 Å². The van der Waals surface area contributed by atoms with Crippen LogP contribution in [0.2, 0.25) is 0 Å². The molecule has 0 bridgehead atoms. The number of benzene rings is 2. The van der Waals surface area contributed by atoms with Gasteiger partial charge in [0.1, 0.15) is 12.4 Å². The molecule has 4 unspecified atom stereocenters. The predicted octanol–water partition coefficient (Wildman–Crippen LogP) is 8.02. The zero-order chi connectivity index (χ0) is 38.2. The SMILES string of the molecule is C#CCCCC=O.CNc1cccc(C(=O)c2ccc(NCC3=CC=C4C5=C(C(C)C)CCC5(C)CC[C@@]4(C)C(OC4CC(O)[C@H](O)CO4)C3)cc2)c1. The lowest BCUT2D eigenvalue weighted by atomic mass is 9.57. The van der Waals surface area contributed by atoms with E-state index in [0.29, 0.717) is 30.0 Å². The van der Waals surface area contributed by atoms with Crippen LogP contribution in [0, 0.1) is 29.1 Å². The number of terminal acetylenes is 1. The summed E-state index contributed by atoms with van der Waals surface area (Å²) in [7, 11) is 1.85. The van der Waals surface area contributed by atoms with Crippen molar-refractivity contribution in [1.82, 2.24) is 0 Å². The van der Waals surface area contributed by atoms with Crippen LogP contribution in [0.3, 0.4) is 0 Å². The molecule has 1 heterocycles. The van der Waals surface area contributed by atoms with Crippen LogP contribution in [-0.4, -0.2) is 67.1 Å². The van der Waals surface area contributed by atoms with Gasteiger partial charge in [-0.2, -0.15) is 0 Å². The van der Waals surface area contributed by atoms with E-state index in [9.17, 15) is 19.8 Å². The van der Waals surface area contributed by atoms with Crippen LogP contribution in [0.25, 0.3) is 0 Å². The summed E-state index contributed by atoms with van der Waals surface area (Å²) in [5, 5.41) is 27.2. The normalized spacial score (nSPS) is 27.9. The molecule has 1 aliphatic heterocycles.